The van der Waals surface area contributed by atoms with E-state index in [0.717, 1.165) is 17.1 Å². The Kier molecular flexibility index (Phi) is 6.24. The van der Waals surface area contributed by atoms with Gasteiger partial charge in [0.1, 0.15) is 37.4 Å². The first-order valence-corrected chi connectivity index (χ1v) is 8.25. The van der Waals surface area contributed by atoms with Crippen LogP contribution in [-0.2, 0) is 0 Å². The Hall–Kier alpha value is -3.55. The molecule has 8 heteroatoms. The zero-order valence-corrected chi connectivity index (χ0v) is 15.1. The minimum atomic E-state index is 0.377. The van der Waals surface area contributed by atoms with Crippen LogP contribution >= 0.6 is 0 Å². The van der Waals surface area contributed by atoms with Crippen LogP contribution in [0, 0.1) is 0 Å². The van der Waals surface area contributed by atoms with Crippen LogP contribution in [0.1, 0.15) is 5.56 Å². The van der Waals surface area contributed by atoms with Gasteiger partial charge in [-0.15, -0.1) is 10.2 Å². The summed E-state index contributed by atoms with van der Waals surface area (Å²) < 4.78 is 23.5. The molecule has 140 valence electrons. The number of rotatable bonds is 9. The van der Waals surface area contributed by atoms with E-state index < -0.39 is 0 Å². The standard InChI is InChI=1S/C19H20N4O4/c1-24-16-4-3-5-17(11-16)26-8-9-27-18-7-6-15(10-19(18)25-2)12-22-23-13-20-21-14-23/h3-7,10-14H,8-9H2,1-2H3. The molecule has 8 nitrogen and oxygen atoms in total. The van der Waals surface area contributed by atoms with E-state index in [1.165, 1.54) is 17.3 Å². The molecule has 0 unspecified atom stereocenters. The van der Waals surface area contributed by atoms with Gasteiger partial charge in [-0.05, 0) is 35.9 Å². The highest BCUT2D eigenvalue weighted by Gasteiger charge is 2.05. The normalized spacial score (nSPS) is 10.7. The first-order chi connectivity index (χ1) is 13.3. The van der Waals surface area contributed by atoms with Gasteiger partial charge in [0.15, 0.2) is 11.5 Å². The summed E-state index contributed by atoms with van der Waals surface area (Å²) in [5.74, 6) is 2.72. The van der Waals surface area contributed by atoms with Crippen molar-refractivity contribution in [2.45, 2.75) is 0 Å². The van der Waals surface area contributed by atoms with Crippen LogP contribution in [0.2, 0.25) is 0 Å². The summed E-state index contributed by atoms with van der Waals surface area (Å²) in [6.07, 6.45) is 4.70. The van der Waals surface area contributed by atoms with Gasteiger partial charge in [-0.1, -0.05) is 6.07 Å². The van der Waals surface area contributed by atoms with Gasteiger partial charge in [0.25, 0.3) is 0 Å². The second kappa shape index (κ2) is 9.23. The van der Waals surface area contributed by atoms with Gasteiger partial charge >= 0.3 is 0 Å². The maximum absolute atomic E-state index is 5.76. The highest BCUT2D eigenvalue weighted by Crippen LogP contribution is 2.27. The molecule has 0 amide bonds. The summed E-state index contributed by atoms with van der Waals surface area (Å²) in [7, 11) is 3.21. The lowest BCUT2D eigenvalue weighted by Crippen LogP contribution is -2.09. The first-order valence-electron chi connectivity index (χ1n) is 8.25. The van der Waals surface area contributed by atoms with Gasteiger partial charge in [-0.3, -0.25) is 0 Å². The highest BCUT2D eigenvalue weighted by atomic mass is 16.5. The third kappa shape index (κ3) is 5.21. The van der Waals surface area contributed by atoms with Crippen LogP contribution < -0.4 is 18.9 Å². The van der Waals surface area contributed by atoms with E-state index >= 15 is 0 Å². The predicted octanol–water partition coefficient (Wildman–Crippen LogP) is 2.64. The summed E-state index contributed by atoms with van der Waals surface area (Å²) in [5, 5.41) is 11.6. The molecule has 0 saturated heterocycles. The maximum Gasteiger partial charge on any atom is 0.161 e. The monoisotopic (exact) mass is 368 g/mol. The van der Waals surface area contributed by atoms with E-state index in [9.17, 15) is 0 Å². The van der Waals surface area contributed by atoms with Gasteiger partial charge in [0.05, 0.1) is 20.4 Å². The number of benzene rings is 2. The minimum absolute atomic E-state index is 0.377. The van der Waals surface area contributed by atoms with E-state index in [0.29, 0.717) is 24.7 Å². The van der Waals surface area contributed by atoms with Crippen LogP contribution in [0.4, 0.5) is 0 Å². The Bertz CT molecular complexity index is 881. The zero-order valence-electron chi connectivity index (χ0n) is 15.1. The van der Waals surface area contributed by atoms with Crippen molar-refractivity contribution in [3.63, 3.8) is 0 Å². The fourth-order valence-corrected chi connectivity index (χ4v) is 2.27. The Morgan fingerprint density at radius 3 is 2.44 bits per heavy atom. The van der Waals surface area contributed by atoms with E-state index in [-0.39, 0.29) is 0 Å². The van der Waals surface area contributed by atoms with Gasteiger partial charge < -0.3 is 18.9 Å². The molecular formula is C19H20N4O4. The smallest absolute Gasteiger partial charge is 0.161 e. The highest BCUT2D eigenvalue weighted by molar-refractivity contribution is 5.80. The molecule has 0 atom stereocenters. The van der Waals surface area contributed by atoms with Crippen molar-refractivity contribution < 1.29 is 18.9 Å². The van der Waals surface area contributed by atoms with E-state index in [4.69, 9.17) is 18.9 Å². The molecule has 0 spiro atoms. The summed E-state index contributed by atoms with van der Waals surface area (Å²) in [4.78, 5) is 0. The second-order valence-electron chi connectivity index (χ2n) is 5.37. The Morgan fingerprint density at radius 1 is 0.889 bits per heavy atom. The van der Waals surface area contributed by atoms with Crippen molar-refractivity contribution in [1.29, 1.82) is 0 Å². The molecule has 1 aromatic heterocycles. The SMILES string of the molecule is COc1cccc(OCCOc2ccc(C=Nn3cnnc3)cc2OC)c1. The molecule has 0 fully saturated rings. The molecule has 1 heterocycles. The maximum atomic E-state index is 5.76. The van der Waals surface area contributed by atoms with Crippen LogP contribution in [0.25, 0.3) is 0 Å². The molecule has 0 radical (unpaired) electrons. The van der Waals surface area contributed by atoms with Crippen LogP contribution in [0.5, 0.6) is 23.0 Å². The second-order valence-corrected chi connectivity index (χ2v) is 5.37. The molecule has 0 aliphatic heterocycles. The zero-order chi connectivity index (χ0) is 18.9. The molecule has 0 saturated carbocycles. The van der Waals surface area contributed by atoms with Gasteiger partial charge in [-0.25, -0.2) is 4.68 Å². The van der Waals surface area contributed by atoms with Crippen molar-refractivity contribution in [2.75, 3.05) is 27.4 Å². The summed E-state index contributed by atoms with van der Waals surface area (Å²) in [6, 6.07) is 13.0. The number of methoxy groups -OCH3 is 2. The topological polar surface area (TPSA) is 80.0 Å². The lowest BCUT2D eigenvalue weighted by Gasteiger charge is -2.12. The van der Waals surface area contributed by atoms with Crippen molar-refractivity contribution in [3.05, 3.63) is 60.7 Å². The number of aromatic nitrogens is 3. The Morgan fingerprint density at radius 2 is 1.67 bits per heavy atom. The van der Waals surface area contributed by atoms with E-state index in [1.807, 2.05) is 42.5 Å². The fourth-order valence-electron chi connectivity index (χ4n) is 2.27. The molecule has 0 aliphatic carbocycles. The summed E-state index contributed by atoms with van der Waals surface area (Å²) in [6.45, 7) is 0.773. The molecule has 0 N–H and O–H groups in total. The lowest BCUT2D eigenvalue weighted by molar-refractivity contribution is 0.211. The number of hydrogen-bond donors (Lipinski definition) is 0. The van der Waals surface area contributed by atoms with Crippen molar-refractivity contribution >= 4 is 6.21 Å². The van der Waals surface area contributed by atoms with E-state index in [2.05, 4.69) is 15.3 Å². The number of nitrogens with zero attached hydrogens (tertiary/aromatic N) is 4. The molecule has 3 rings (SSSR count). The number of ether oxygens (including phenoxy) is 4. The van der Waals surface area contributed by atoms with E-state index in [1.54, 1.807) is 20.4 Å². The van der Waals surface area contributed by atoms with Crippen LogP contribution in [0.15, 0.2) is 60.2 Å². The largest absolute Gasteiger partial charge is 0.497 e. The molecular weight excluding hydrogens is 348 g/mol. The molecule has 3 aromatic rings. The number of hydrogen-bond acceptors (Lipinski definition) is 7. The van der Waals surface area contributed by atoms with Crippen LogP contribution in [-0.4, -0.2) is 48.5 Å². The van der Waals surface area contributed by atoms with Gasteiger partial charge in [0.2, 0.25) is 0 Å². The average Bonchev–Trinajstić information content (AvgIpc) is 3.24. The van der Waals surface area contributed by atoms with Gasteiger partial charge in [0, 0.05) is 6.07 Å². The summed E-state index contributed by atoms with van der Waals surface area (Å²) in [5.41, 5.74) is 0.862. The molecule has 0 aliphatic rings. The van der Waals surface area contributed by atoms with Crippen molar-refractivity contribution in [1.82, 2.24) is 14.9 Å². The lowest BCUT2D eigenvalue weighted by atomic mass is 10.2. The van der Waals surface area contributed by atoms with Crippen LogP contribution in [0.3, 0.4) is 0 Å². The quantitative estimate of drug-likeness (QED) is 0.427. The molecule has 2 aromatic carbocycles. The van der Waals surface area contributed by atoms with Crippen molar-refractivity contribution in [3.8, 4) is 23.0 Å². The Balaban J connectivity index is 1.54. The molecule has 27 heavy (non-hydrogen) atoms. The first kappa shape index (κ1) is 18.2. The minimum Gasteiger partial charge on any atom is -0.497 e. The predicted molar refractivity (Wildman–Crippen MR) is 100.0 cm³/mol. The Labute approximate surface area is 157 Å². The van der Waals surface area contributed by atoms with Crippen molar-refractivity contribution in [2.24, 2.45) is 5.10 Å². The fraction of sp³-hybridized carbons (Fsp3) is 0.211. The van der Waals surface area contributed by atoms with Gasteiger partial charge in [-0.2, -0.15) is 5.10 Å². The third-order valence-electron chi connectivity index (χ3n) is 3.59. The summed E-state index contributed by atoms with van der Waals surface area (Å²) >= 11 is 0. The molecule has 0 bridgehead atoms. The average molecular weight is 368 g/mol. The third-order valence-corrected chi connectivity index (χ3v) is 3.59.